The largest absolute Gasteiger partial charge is 0.461 e. The molecule has 2 heterocycles. The molecule has 0 aromatic heterocycles. The number of likely N-dealkylation sites (tertiary alicyclic amines) is 2. The van der Waals surface area contributed by atoms with E-state index >= 15 is 0 Å². The molecule has 4 amide bonds. The maximum absolute atomic E-state index is 14.4. The SMILES string of the molecule is CC(C)C[C@H](NC(=O)[C@H](CC(=O)OCc1ccccc1)NC(=O)[C@H]1[C@H](C(=O)N2CCCC2)CCCN1C(=O)OC(C)(C)C)C(=O)OCc1ccccc1. The maximum Gasteiger partial charge on any atom is 0.410 e. The third-order valence-corrected chi connectivity index (χ3v) is 9.04. The zero-order chi connectivity index (χ0) is 38.5. The van der Waals surface area contributed by atoms with Crippen LogP contribution in [0.3, 0.4) is 0 Å². The number of nitrogens with one attached hydrogen (secondary N) is 2. The highest BCUT2D eigenvalue weighted by Crippen LogP contribution is 2.29. The fourth-order valence-corrected chi connectivity index (χ4v) is 6.49. The van der Waals surface area contributed by atoms with Crippen LogP contribution >= 0.6 is 0 Å². The molecule has 13 heteroatoms. The van der Waals surface area contributed by atoms with Gasteiger partial charge in [0.05, 0.1) is 12.3 Å². The first-order chi connectivity index (χ1) is 25.2. The molecule has 2 N–H and O–H groups in total. The topological polar surface area (TPSA) is 161 Å². The number of carbonyl (C=O) groups is 6. The predicted octanol–water partition coefficient (Wildman–Crippen LogP) is 4.52. The van der Waals surface area contributed by atoms with Crippen LogP contribution in [0.4, 0.5) is 4.79 Å². The van der Waals surface area contributed by atoms with Crippen LogP contribution in [-0.4, -0.2) is 88.9 Å². The lowest BCUT2D eigenvalue weighted by Gasteiger charge is -2.41. The lowest BCUT2D eigenvalue weighted by atomic mass is 9.87. The van der Waals surface area contributed by atoms with Crippen molar-refractivity contribution in [2.45, 2.75) is 110 Å². The van der Waals surface area contributed by atoms with Gasteiger partial charge in [-0.05, 0) is 69.9 Å². The smallest absolute Gasteiger partial charge is 0.410 e. The summed E-state index contributed by atoms with van der Waals surface area (Å²) < 4.78 is 16.7. The lowest BCUT2D eigenvalue weighted by molar-refractivity contribution is -0.151. The summed E-state index contributed by atoms with van der Waals surface area (Å²) in [5.74, 6) is -4.25. The molecule has 288 valence electrons. The number of esters is 2. The van der Waals surface area contributed by atoms with Crippen LogP contribution in [0, 0.1) is 11.8 Å². The summed E-state index contributed by atoms with van der Waals surface area (Å²) in [4.78, 5) is 85.3. The minimum absolute atomic E-state index is 0.00920. The summed E-state index contributed by atoms with van der Waals surface area (Å²) in [5, 5.41) is 5.37. The molecule has 13 nitrogen and oxygen atoms in total. The van der Waals surface area contributed by atoms with Crippen LogP contribution in [0.25, 0.3) is 0 Å². The van der Waals surface area contributed by atoms with Crippen LogP contribution < -0.4 is 10.6 Å². The summed E-state index contributed by atoms with van der Waals surface area (Å²) in [6, 6.07) is 14.2. The van der Waals surface area contributed by atoms with Crippen molar-refractivity contribution in [3.63, 3.8) is 0 Å². The Morgan fingerprint density at radius 2 is 1.36 bits per heavy atom. The number of hydrogen-bond acceptors (Lipinski definition) is 9. The van der Waals surface area contributed by atoms with Crippen LogP contribution in [0.1, 0.15) is 84.3 Å². The van der Waals surface area contributed by atoms with Crippen LogP contribution in [-0.2, 0) is 51.4 Å². The number of rotatable bonds is 14. The average Bonchev–Trinajstić information content (AvgIpc) is 3.67. The van der Waals surface area contributed by atoms with E-state index in [-0.39, 0.29) is 38.0 Å². The molecule has 2 aliphatic rings. The third-order valence-electron chi connectivity index (χ3n) is 9.04. The molecule has 2 saturated heterocycles. The molecular formula is C40H54N4O9. The molecule has 0 bridgehead atoms. The lowest BCUT2D eigenvalue weighted by Crippen LogP contribution is -2.62. The summed E-state index contributed by atoms with van der Waals surface area (Å²) >= 11 is 0. The summed E-state index contributed by atoms with van der Waals surface area (Å²) in [6.07, 6.45) is 1.35. The molecule has 0 aliphatic carbocycles. The molecule has 53 heavy (non-hydrogen) atoms. The molecule has 2 aromatic rings. The van der Waals surface area contributed by atoms with Gasteiger partial charge in [0, 0.05) is 19.6 Å². The number of amides is 4. The summed E-state index contributed by atoms with van der Waals surface area (Å²) in [6.45, 7) is 10.1. The van der Waals surface area contributed by atoms with E-state index in [1.54, 1.807) is 49.9 Å². The molecule has 2 aromatic carbocycles. The first-order valence-corrected chi connectivity index (χ1v) is 18.5. The Hall–Kier alpha value is -4.94. The number of nitrogens with zero attached hydrogens (tertiary/aromatic N) is 2. The minimum Gasteiger partial charge on any atom is -0.461 e. The Kier molecular flexibility index (Phi) is 14.8. The van der Waals surface area contributed by atoms with Gasteiger partial charge in [-0.25, -0.2) is 9.59 Å². The predicted molar refractivity (Wildman–Crippen MR) is 196 cm³/mol. The molecule has 4 atom stereocenters. The number of piperidine rings is 1. The highest BCUT2D eigenvalue weighted by molar-refractivity contribution is 5.97. The Balaban J connectivity index is 1.60. The summed E-state index contributed by atoms with van der Waals surface area (Å²) in [7, 11) is 0. The average molecular weight is 735 g/mol. The van der Waals surface area contributed by atoms with Crippen molar-refractivity contribution < 1.29 is 43.0 Å². The van der Waals surface area contributed by atoms with Crippen molar-refractivity contribution in [2.75, 3.05) is 19.6 Å². The Morgan fingerprint density at radius 3 is 1.92 bits per heavy atom. The van der Waals surface area contributed by atoms with Gasteiger partial charge in [-0.3, -0.25) is 24.1 Å². The van der Waals surface area contributed by atoms with Crippen molar-refractivity contribution in [1.29, 1.82) is 0 Å². The van der Waals surface area contributed by atoms with Crippen molar-refractivity contribution in [3.8, 4) is 0 Å². The second kappa shape index (κ2) is 19.2. The van der Waals surface area contributed by atoms with Crippen molar-refractivity contribution >= 4 is 35.8 Å². The second-order valence-electron chi connectivity index (χ2n) is 15.1. The number of ether oxygens (including phenoxy) is 3. The number of carbonyl (C=O) groups excluding carboxylic acids is 6. The van der Waals surface area contributed by atoms with Gasteiger partial charge >= 0.3 is 18.0 Å². The van der Waals surface area contributed by atoms with E-state index in [0.29, 0.717) is 25.9 Å². The van der Waals surface area contributed by atoms with Crippen LogP contribution in [0.5, 0.6) is 0 Å². The van der Waals surface area contributed by atoms with E-state index in [0.717, 1.165) is 24.0 Å². The highest BCUT2D eigenvalue weighted by Gasteiger charge is 2.47. The molecular weight excluding hydrogens is 680 g/mol. The minimum atomic E-state index is -1.52. The van der Waals surface area contributed by atoms with Gasteiger partial charge in [0.1, 0.15) is 36.9 Å². The first kappa shape index (κ1) is 40.8. The van der Waals surface area contributed by atoms with E-state index < -0.39 is 65.9 Å². The van der Waals surface area contributed by atoms with E-state index in [1.807, 2.05) is 50.2 Å². The van der Waals surface area contributed by atoms with Gasteiger partial charge in [0.15, 0.2) is 0 Å². The molecule has 4 rings (SSSR count). The second-order valence-corrected chi connectivity index (χ2v) is 15.1. The zero-order valence-corrected chi connectivity index (χ0v) is 31.5. The fraction of sp³-hybridized carbons (Fsp3) is 0.550. The van der Waals surface area contributed by atoms with Gasteiger partial charge in [0.25, 0.3) is 0 Å². The number of hydrogen-bond donors (Lipinski definition) is 2. The maximum atomic E-state index is 14.4. The first-order valence-electron chi connectivity index (χ1n) is 18.5. The fourth-order valence-electron chi connectivity index (χ4n) is 6.49. The van der Waals surface area contributed by atoms with Gasteiger partial charge < -0.3 is 29.7 Å². The molecule has 0 unspecified atom stereocenters. The normalized spacial score (nSPS) is 18.5. The van der Waals surface area contributed by atoms with Crippen molar-refractivity contribution in [1.82, 2.24) is 20.4 Å². The zero-order valence-electron chi connectivity index (χ0n) is 31.5. The van der Waals surface area contributed by atoms with Crippen LogP contribution in [0.15, 0.2) is 60.7 Å². The standard InChI is InChI=1S/C40H54N4O9/c1-27(2)23-32(38(49)52-26-29-17-10-7-11-18-29)42-35(46)31(24-33(45)51-25-28-15-8-6-9-16-28)41-36(47)34-30(37(48)43-20-12-13-21-43)19-14-22-44(34)39(50)53-40(3,4)5/h6-11,15-18,27,30-32,34H,12-14,19-26H2,1-5H3,(H,41,47)(H,42,46)/t30-,31+,32+,34-/m1/s1. The third kappa shape index (κ3) is 12.6. The van der Waals surface area contributed by atoms with Crippen molar-refractivity contribution in [2.24, 2.45) is 11.8 Å². The number of benzene rings is 2. The highest BCUT2D eigenvalue weighted by atomic mass is 16.6. The van der Waals surface area contributed by atoms with Crippen molar-refractivity contribution in [3.05, 3.63) is 71.8 Å². The van der Waals surface area contributed by atoms with E-state index in [4.69, 9.17) is 14.2 Å². The molecule has 0 radical (unpaired) electrons. The van der Waals surface area contributed by atoms with E-state index in [2.05, 4.69) is 10.6 Å². The summed E-state index contributed by atoms with van der Waals surface area (Å²) in [5.41, 5.74) is 0.611. The van der Waals surface area contributed by atoms with E-state index in [9.17, 15) is 28.8 Å². The van der Waals surface area contributed by atoms with E-state index in [1.165, 1.54) is 4.90 Å². The molecule has 2 fully saturated rings. The molecule has 0 saturated carbocycles. The Labute approximate surface area is 312 Å². The quantitative estimate of drug-likeness (QED) is 0.210. The Bertz CT molecular complexity index is 1550. The van der Waals surface area contributed by atoms with Gasteiger partial charge in [-0.2, -0.15) is 0 Å². The monoisotopic (exact) mass is 734 g/mol. The molecule has 2 aliphatic heterocycles. The van der Waals surface area contributed by atoms with Crippen LogP contribution in [0.2, 0.25) is 0 Å². The van der Waals surface area contributed by atoms with Gasteiger partial charge in [0.2, 0.25) is 17.7 Å². The van der Waals surface area contributed by atoms with Gasteiger partial charge in [-0.15, -0.1) is 0 Å². The molecule has 0 spiro atoms. The Morgan fingerprint density at radius 1 is 0.774 bits per heavy atom. The van der Waals surface area contributed by atoms with Gasteiger partial charge in [-0.1, -0.05) is 74.5 Å².